The number of alkyl carbamates (subject to hydrolysis) is 1. The predicted molar refractivity (Wildman–Crippen MR) is 233 cm³/mol. The van der Waals surface area contributed by atoms with E-state index in [4.69, 9.17) is 28.4 Å². The number of esters is 2. The summed E-state index contributed by atoms with van der Waals surface area (Å²) in [5.74, 6) is -8.35. The number of ether oxygens (including phenoxy) is 6. The first-order valence-electron chi connectivity index (χ1n) is 21.6. The van der Waals surface area contributed by atoms with Crippen LogP contribution in [0.5, 0.6) is 17.2 Å². The second-order valence-corrected chi connectivity index (χ2v) is 21.4. The zero-order valence-corrected chi connectivity index (χ0v) is 39.5. The van der Waals surface area contributed by atoms with Gasteiger partial charge >= 0.3 is 18.0 Å². The first kappa shape index (κ1) is 50.6. The van der Waals surface area contributed by atoms with E-state index >= 15 is 0 Å². The van der Waals surface area contributed by atoms with Crippen LogP contribution in [0.2, 0.25) is 0 Å². The van der Waals surface area contributed by atoms with Crippen LogP contribution in [0.4, 0.5) is 4.79 Å². The van der Waals surface area contributed by atoms with Crippen LogP contribution in [0.15, 0.2) is 41.3 Å². The van der Waals surface area contributed by atoms with E-state index in [9.17, 15) is 67.5 Å². The summed E-state index contributed by atoms with van der Waals surface area (Å²) >= 11 is 0. The van der Waals surface area contributed by atoms with Gasteiger partial charge in [-0.15, -0.1) is 0 Å². The van der Waals surface area contributed by atoms with Crippen LogP contribution in [0, 0.1) is 5.41 Å². The fraction of sp³-hybridized carbons (Fsp3) is 0.500. The molecule has 7 rings (SSSR count). The van der Waals surface area contributed by atoms with Crippen LogP contribution in [-0.2, 0) is 59.1 Å². The normalized spacial score (nSPS) is 26.7. The van der Waals surface area contributed by atoms with Crippen molar-refractivity contribution < 1.29 is 95.9 Å². The van der Waals surface area contributed by atoms with Crippen molar-refractivity contribution in [2.45, 2.75) is 115 Å². The van der Waals surface area contributed by atoms with Crippen molar-refractivity contribution >= 4 is 51.1 Å². The largest absolute Gasteiger partial charge is 0.507 e. The zero-order chi connectivity index (χ0) is 51.0. The van der Waals surface area contributed by atoms with E-state index in [0.29, 0.717) is 4.90 Å². The number of carbonyl (C=O) groups excluding carboxylic acids is 7. The molecular formula is C46H52N2O20S. The number of carbonyl (C=O) groups is 7. The van der Waals surface area contributed by atoms with Crippen molar-refractivity contribution in [3.05, 3.63) is 74.7 Å². The maximum Gasteiger partial charge on any atom is 0.407 e. The molecule has 3 aliphatic heterocycles. The predicted octanol–water partition coefficient (Wildman–Crippen LogP) is 1.43. The summed E-state index contributed by atoms with van der Waals surface area (Å²) in [7, 11) is -3.10. The summed E-state index contributed by atoms with van der Waals surface area (Å²) in [5.41, 5.74) is -8.12. The van der Waals surface area contributed by atoms with E-state index < -0.39 is 176 Å². The molecule has 22 nitrogen and oxygen atoms in total. The molecule has 2 fully saturated rings. The lowest BCUT2D eigenvalue weighted by Crippen LogP contribution is -2.63. The quantitative estimate of drug-likeness (QED) is 0.0418. The number of phenolic OH excluding ortho intramolecular Hbond substituents is 2. The van der Waals surface area contributed by atoms with E-state index in [-0.39, 0.29) is 33.6 Å². The molecule has 0 aromatic heterocycles. The molecule has 6 N–H and O–H groups in total. The van der Waals surface area contributed by atoms with E-state index in [1.807, 2.05) is 0 Å². The maximum atomic E-state index is 14.0. The molecule has 23 heteroatoms. The zero-order valence-electron chi connectivity index (χ0n) is 38.7. The highest BCUT2D eigenvalue weighted by molar-refractivity contribution is 7.92. The maximum absolute atomic E-state index is 14.0. The molecule has 2 saturated heterocycles. The Morgan fingerprint density at radius 3 is 2.29 bits per heavy atom. The summed E-state index contributed by atoms with van der Waals surface area (Å²) in [4.78, 5) is 94.5. The van der Waals surface area contributed by atoms with Crippen molar-refractivity contribution in [3.63, 3.8) is 0 Å². The lowest BCUT2D eigenvalue weighted by atomic mass is 9.72. The van der Waals surface area contributed by atoms with E-state index in [1.165, 1.54) is 53.0 Å². The lowest BCUT2D eigenvalue weighted by Gasteiger charge is -2.45. The minimum atomic E-state index is -4.36. The van der Waals surface area contributed by atoms with Gasteiger partial charge in [-0.3, -0.25) is 28.9 Å². The summed E-state index contributed by atoms with van der Waals surface area (Å²) in [5, 5.41) is 56.9. The van der Waals surface area contributed by atoms with Gasteiger partial charge in [0, 0.05) is 41.5 Å². The highest BCUT2D eigenvalue weighted by Gasteiger charge is 2.58. The first-order valence-corrected chi connectivity index (χ1v) is 23.3. The van der Waals surface area contributed by atoms with E-state index in [2.05, 4.69) is 5.32 Å². The molecule has 0 saturated carbocycles. The number of aliphatic hydroxyl groups excluding tert-OH is 2. The van der Waals surface area contributed by atoms with E-state index in [1.54, 1.807) is 20.8 Å². The lowest BCUT2D eigenvalue weighted by molar-refractivity contribution is -0.249. The number of fused-ring (bicyclic) bond motifs is 4. The number of sulfone groups is 1. The molecular weight excluding hydrogens is 933 g/mol. The highest BCUT2D eigenvalue weighted by atomic mass is 32.2. The van der Waals surface area contributed by atoms with Gasteiger partial charge < -0.3 is 59.3 Å². The first-order chi connectivity index (χ1) is 32.0. The third-order valence-corrected chi connectivity index (χ3v) is 14.1. The van der Waals surface area contributed by atoms with Crippen LogP contribution >= 0.6 is 0 Å². The Bertz CT molecular complexity index is 2760. The highest BCUT2D eigenvalue weighted by Crippen LogP contribution is 2.53. The van der Waals surface area contributed by atoms with Gasteiger partial charge in [0.2, 0.25) is 5.78 Å². The van der Waals surface area contributed by atoms with Crippen molar-refractivity contribution in [3.8, 4) is 17.2 Å². The Balaban J connectivity index is 1.14. The molecule has 0 bridgehead atoms. The van der Waals surface area contributed by atoms with Gasteiger partial charge in [0.1, 0.15) is 59.7 Å². The monoisotopic (exact) mass is 984 g/mol. The number of benzene rings is 2. The molecule has 0 spiro atoms. The average Bonchev–Trinajstić information content (AvgIpc) is 3.25. The number of hydrogen-bond acceptors (Lipinski definition) is 20. The third-order valence-electron chi connectivity index (χ3n) is 12.2. The van der Waals surface area contributed by atoms with Crippen molar-refractivity contribution in [2.24, 2.45) is 5.41 Å². The fourth-order valence-electron chi connectivity index (χ4n) is 8.84. The van der Waals surface area contributed by atoms with Gasteiger partial charge in [-0.1, -0.05) is 12.1 Å². The van der Waals surface area contributed by atoms with Gasteiger partial charge in [-0.05, 0) is 54.5 Å². The molecule has 2 aromatic rings. The topological polar surface area (TPSA) is 325 Å². The number of nitrogens with one attached hydrogen (secondary N) is 1. The number of ketones is 3. The molecule has 7 atom stereocenters. The molecule has 5 aliphatic rings. The Morgan fingerprint density at radius 1 is 1.00 bits per heavy atom. The van der Waals surface area contributed by atoms with Gasteiger partial charge in [0.15, 0.2) is 33.1 Å². The number of phenols is 2. The summed E-state index contributed by atoms with van der Waals surface area (Å²) < 4.78 is 60.7. The molecule has 0 radical (unpaired) electrons. The smallest absolute Gasteiger partial charge is 0.407 e. The standard InChI is InChI=1S/C46H52N2O20S/c1-19-34(51)24(47-43(59)65-16-20-18-69(61,62)40-23(17-64-42(58)44(2,3)4)39(56)48(40)33(20)41(57)68-45(5,6)7)12-28(66-19)67-26-14-46(60,27(50)15-49)13-22-30(26)38(55)32-31(36(22)53)35(52)21-10-9-11-25(63-8)29(21)37(32)54/h9-11,17,19,24,26,28,34,40,49,51,53,55,60H,12-16,18H2,1-8H3,(H,47,59)/b23-17-/t19-,24-,26-,28?,34-,40-,46-/m0/s1. The Kier molecular flexibility index (Phi) is 13.2. The van der Waals surface area contributed by atoms with Gasteiger partial charge in [-0.25, -0.2) is 18.0 Å². The second kappa shape index (κ2) is 17.9. The minimum Gasteiger partial charge on any atom is -0.507 e. The number of nitrogens with zero attached hydrogens (tertiary/aromatic N) is 1. The average molecular weight is 985 g/mol. The number of methoxy groups -OCH3 is 1. The van der Waals surface area contributed by atoms with Crippen LogP contribution in [0.3, 0.4) is 0 Å². The Morgan fingerprint density at radius 2 is 1.67 bits per heavy atom. The third kappa shape index (κ3) is 9.09. The van der Waals surface area contributed by atoms with E-state index in [0.717, 1.165) is 6.26 Å². The van der Waals surface area contributed by atoms with Crippen molar-refractivity contribution in [1.82, 2.24) is 10.2 Å². The van der Waals surface area contributed by atoms with Crippen LogP contribution < -0.4 is 10.1 Å². The molecule has 1 unspecified atom stereocenters. The number of amides is 2. The summed E-state index contributed by atoms with van der Waals surface area (Å²) in [6.07, 6.45) is -8.10. The number of rotatable bonds is 10. The van der Waals surface area contributed by atoms with Crippen LogP contribution in [-0.4, -0.2) is 147 Å². The minimum absolute atomic E-state index is 0.00314. The Labute approximate surface area is 394 Å². The van der Waals surface area contributed by atoms with Crippen LogP contribution in [0.1, 0.15) is 110 Å². The van der Waals surface area contributed by atoms with Crippen molar-refractivity contribution in [2.75, 3.05) is 26.1 Å². The molecule has 2 aromatic carbocycles. The van der Waals surface area contributed by atoms with Gasteiger partial charge in [0.25, 0.3) is 5.91 Å². The van der Waals surface area contributed by atoms with Gasteiger partial charge in [-0.2, -0.15) is 0 Å². The number of aliphatic hydroxyl groups is 3. The summed E-state index contributed by atoms with van der Waals surface area (Å²) in [6, 6.07) is 2.88. The van der Waals surface area contributed by atoms with Gasteiger partial charge in [0.05, 0.1) is 58.8 Å². The molecule has 69 heavy (non-hydrogen) atoms. The van der Waals surface area contributed by atoms with Crippen LogP contribution in [0.25, 0.3) is 0 Å². The van der Waals surface area contributed by atoms with Crippen molar-refractivity contribution in [1.29, 1.82) is 0 Å². The number of β-lactam (4-membered cyclic amide) rings is 1. The number of aromatic hydroxyl groups is 2. The molecule has 2 aliphatic carbocycles. The summed E-state index contributed by atoms with van der Waals surface area (Å²) in [6.45, 7) is 8.56. The molecule has 372 valence electrons. The second-order valence-electron chi connectivity index (χ2n) is 19.3. The fourth-order valence-corrected chi connectivity index (χ4v) is 10.8. The number of hydrogen-bond donors (Lipinski definition) is 6. The molecule has 2 amide bonds. The molecule has 3 heterocycles. The Hall–Kier alpha value is -6.24. The SMILES string of the molecule is COc1cccc2c1C(=O)c1c(O)c3c(c(O)c1C2=O)C[C@@](O)(C(=O)CO)C[C@@H]3OC1C[C@H](NC(=O)OCC2=C(C(=O)OC(C)(C)C)N3C(=O)/C(=C/OC(=O)C(C)(C)C)[C@@H]3S(=O)(=O)C2)[C@@H](O)[C@H](C)O1. The number of Topliss-reactive ketones (excluding diaryl/α,β-unsaturated/α-hetero) is 1.